The Hall–Kier alpha value is -2.86. The molecule has 4 rings (SSSR count). The average molecular weight is 371 g/mol. The van der Waals surface area contributed by atoms with Gasteiger partial charge in [0.15, 0.2) is 0 Å². The summed E-state index contributed by atoms with van der Waals surface area (Å²) in [7, 11) is 0. The van der Waals surface area contributed by atoms with Gasteiger partial charge in [0, 0.05) is 12.0 Å². The largest absolute Gasteiger partial charge is 0.478 e. The fraction of sp³-hybridized carbons (Fsp3) is 0.211. The molecule has 0 amide bonds. The molecule has 0 saturated heterocycles. The Morgan fingerprint density at radius 2 is 2.04 bits per heavy atom. The van der Waals surface area contributed by atoms with Crippen LogP contribution in [0.2, 0.25) is 5.02 Å². The van der Waals surface area contributed by atoms with Crippen molar-refractivity contribution in [2.45, 2.75) is 18.4 Å². The molecule has 132 valence electrons. The third-order valence-electron chi connectivity index (χ3n) is 5.17. The van der Waals surface area contributed by atoms with Crippen molar-refractivity contribution >= 4 is 28.9 Å². The van der Waals surface area contributed by atoms with E-state index in [2.05, 4.69) is 5.32 Å². The summed E-state index contributed by atoms with van der Waals surface area (Å²) in [6, 6.07) is 9.47. The first-order chi connectivity index (χ1) is 12.5. The fourth-order valence-corrected chi connectivity index (χ4v) is 4.30. The number of nitrogens with zero attached hydrogens (tertiary/aromatic N) is 1. The van der Waals surface area contributed by atoms with Gasteiger partial charge in [-0.05, 0) is 30.0 Å². The second kappa shape index (κ2) is 6.14. The van der Waals surface area contributed by atoms with Crippen LogP contribution in [0.5, 0.6) is 0 Å². The van der Waals surface area contributed by atoms with Gasteiger partial charge in [0.2, 0.25) is 0 Å². The molecule has 0 saturated carbocycles. The van der Waals surface area contributed by atoms with Crippen molar-refractivity contribution in [1.82, 2.24) is 0 Å². The van der Waals surface area contributed by atoms with E-state index in [1.54, 1.807) is 24.3 Å². The van der Waals surface area contributed by atoms with Crippen LogP contribution < -0.4 is 5.32 Å². The van der Waals surface area contributed by atoms with Gasteiger partial charge in [0.25, 0.3) is 5.69 Å². The number of anilines is 1. The highest BCUT2D eigenvalue weighted by Gasteiger charge is 2.43. The minimum atomic E-state index is -0.999. The lowest BCUT2D eigenvalue weighted by Crippen LogP contribution is -2.31. The molecule has 0 aromatic heterocycles. The maximum absolute atomic E-state index is 11.7. The number of carbonyl (C=O) groups is 1. The van der Waals surface area contributed by atoms with Crippen LogP contribution in [0, 0.1) is 16.0 Å². The van der Waals surface area contributed by atoms with Gasteiger partial charge in [-0.2, -0.15) is 0 Å². The van der Waals surface area contributed by atoms with Gasteiger partial charge >= 0.3 is 5.97 Å². The van der Waals surface area contributed by atoms with Crippen LogP contribution in [0.15, 0.2) is 48.6 Å². The molecule has 0 bridgehead atoms. The van der Waals surface area contributed by atoms with E-state index in [-0.39, 0.29) is 29.1 Å². The molecule has 2 N–H and O–H groups in total. The van der Waals surface area contributed by atoms with Gasteiger partial charge in [-0.15, -0.1) is 0 Å². The second-order valence-electron chi connectivity index (χ2n) is 6.48. The zero-order valence-electron chi connectivity index (χ0n) is 13.6. The van der Waals surface area contributed by atoms with Crippen LogP contribution in [0.1, 0.15) is 39.9 Å². The number of carboxylic acids is 1. The van der Waals surface area contributed by atoms with E-state index in [4.69, 9.17) is 11.6 Å². The quantitative estimate of drug-likeness (QED) is 0.461. The van der Waals surface area contributed by atoms with Crippen LogP contribution in [-0.2, 0) is 0 Å². The first-order valence-electron chi connectivity index (χ1n) is 8.21. The molecule has 0 fully saturated rings. The standard InChI is InChI=1S/C19H15ClN2O4/c20-14-8-9-15(22(25)26)16-10-6-3-7-11(10)17(21-18(14)16)12-4-1-2-5-13(12)19(23)24/h1-6,8-11,17,21H,7H2,(H,23,24)/t10-,11-,17+/m0/s1. The Balaban J connectivity index is 1.90. The van der Waals surface area contributed by atoms with Gasteiger partial charge in [-0.3, -0.25) is 10.1 Å². The highest BCUT2D eigenvalue weighted by molar-refractivity contribution is 6.33. The van der Waals surface area contributed by atoms with Gasteiger partial charge < -0.3 is 10.4 Å². The molecule has 1 aliphatic carbocycles. The van der Waals surface area contributed by atoms with Crippen molar-refractivity contribution in [3.05, 3.63) is 80.4 Å². The Labute approximate surface area is 154 Å². The SMILES string of the molecule is O=C(O)c1ccccc1[C@@H]1Nc2c(Cl)ccc([N+](=O)[O-])c2[C@H]2C=CC[C@@H]21. The fourth-order valence-electron chi connectivity index (χ4n) is 4.08. The Bertz CT molecular complexity index is 957. The van der Waals surface area contributed by atoms with Gasteiger partial charge in [-0.25, -0.2) is 4.79 Å². The molecule has 0 spiro atoms. The molecule has 1 aliphatic heterocycles. The van der Waals surface area contributed by atoms with Crippen molar-refractivity contribution in [3.63, 3.8) is 0 Å². The van der Waals surface area contributed by atoms with Crippen LogP contribution >= 0.6 is 11.6 Å². The third-order valence-corrected chi connectivity index (χ3v) is 5.48. The van der Waals surface area contributed by atoms with Crippen molar-refractivity contribution < 1.29 is 14.8 Å². The summed E-state index contributed by atoms with van der Waals surface area (Å²) in [6.07, 6.45) is 4.66. The zero-order chi connectivity index (χ0) is 18.4. The highest BCUT2D eigenvalue weighted by Crippen LogP contribution is 2.54. The average Bonchev–Trinajstić information content (AvgIpc) is 3.11. The summed E-state index contributed by atoms with van der Waals surface area (Å²) >= 11 is 6.34. The number of allylic oxidation sites excluding steroid dienone is 2. The smallest absolute Gasteiger partial charge is 0.336 e. The molecular weight excluding hydrogens is 356 g/mol. The first-order valence-corrected chi connectivity index (χ1v) is 8.59. The van der Waals surface area contributed by atoms with E-state index in [0.29, 0.717) is 28.3 Å². The maximum Gasteiger partial charge on any atom is 0.336 e. The number of halogens is 1. The lowest BCUT2D eigenvalue weighted by Gasteiger charge is -2.38. The van der Waals surface area contributed by atoms with Crippen LogP contribution in [-0.4, -0.2) is 16.0 Å². The number of rotatable bonds is 3. The Morgan fingerprint density at radius 1 is 1.27 bits per heavy atom. The molecule has 0 unspecified atom stereocenters. The van der Waals surface area contributed by atoms with Crippen molar-refractivity contribution in [2.24, 2.45) is 5.92 Å². The number of benzene rings is 2. The third kappa shape index (κ3) is 2.45. The highest BCUT2D eigenvalue weighted by atomic mass is 35.5. The van der Waals surface area contributed by atoms with E-state index in [1.165, 1.54) is 12.1 Å². The predicted molar refractivity (Wildman–Crippen MR) is 97.9 cm³/mol. The molecular formula is C19H15ClN2O4. The number of nitrogens with one attached hydrogen (secondary N) is 1. The number of aromatic carboxylic acids is 1. The number of hydrogen-bond acceptors (Lipinski definition) is 4. The lowest BCUT2D eigenvalue weighted by molar-refractivity contribution is -0.385. The summed E-state index contributed by atoms with van der Waals surface area (Å²) in [5.74, 6) is -1.20. The number of hydrogen-bond donors (Lipinski definition) is 2. The number of nitro groups is 1. The van der Waals surface area contributed by atoms with E-state index in [1.807, 2.05) is 12.2 Å². The molecule has 0 radical (unpaired) electrons. The number of carboxylic acid groups (broad SMARTS) is 1. The van der Waals surface area contributed by atoms with Gasteiger partial charge in [-0.1, -0.05) is 42.0 Å². The molecule has 2 aromatic rings. The molecule has 2 aliphatic rings. The normalized spacial score (nSPS) is 23.0. The summed E-state index contributed by atoms with van der Waals surface area (Å²) in [5, 5.41) is 24.7. The Morgan fingerprint density at radius 3 is 2.77 bits per heavy atom. The van der Waals surface area contributed by atoms with E-state index in [9.17, 15) is 20.0 Å². The zero-order valence-corrected chi connectivity index (χ0v) is 14.3. The van der Waals surface area contributed by atoms with Crippen molar-refractivity contribution in [2.75, 3.05) is 5.32 Å². The van der Waals surface area contributed by atoms with Crippen LogP contribution in [0.4, 0.5) is 11.4 Å². The van der Waals surface area contributed by atoms with Gasteiger partial charge in [0.1, 0.15) is 0 Å². The van der Waals surface area contributed by atoms with Crippen molar-refractivity contribution in [3.8, 4) is 0 Å². The summed E-state index contributed by atoms with van der Waals surface area (Å²) in [5.41, 5.74) is 2.00. The Kier molecular flexibility index (Phi) is 3.92. The summed E-state index contributed by atoms with van der Waals surface area (Å²) in [6.45, 7) is 0. The topological polar surface area (TPSA) is 92.5 Å². The summed E-state index contributed by atoms with van der Waals surface area (Å²) in [4.78, 5) is 22.8. The lowest BCUT2D eigenvalue weighted by atomic mass is 9.75. The van der Waals surface area contributed by atoms with E-state index < -0.39 is 10.9 Å². The first kappa shape index (κ1) is 16.6. The van der Waals surface area contributed by atoms with E-state index in [0.717, 1.165) is 0 Å². The minimum absolute atomic E-state index is 0.0137. The van der Waals surface area contributed by atoms with Gasteiger partial charge in [0.05, 0.1) is 32.8 Å². The summed E-state index contributed by atoms with van der Waals surface area (Å²) < 4.78 is 0. The molecule has 3 atom stereocenters. The molecule has 26 heavy (non-hydrogen) atoms. The number of nitro benzene ring substituents is 1. The van der Waals surface area contributed by atoms with Crippen LogP contribution in [0.25, 0.3) is 0 Å². The minimum Gasteiger partial charge on any atom is -0.478 e. The molecule has 2 aromatic carbocycles. The van der Waals surface area contributed by atoms with Crippen molar-refractivity contribution in [1.29, 1.82) is 0 Å². The molecule has 7 heteroatoms. The monoisotopic (exact) mass is 370 g/mol. The molecule has 1 heterocycles. The predicted octanol–water partition coefficient (Wildman–Crippen LogP) is 4.77. The second-order valence-corrected chi connectivity index (χ2v) is 6.89. The van der Waals surface area contributed by atoms with E-state index >= 15 is 0 Å². The maximum atomic E-state index is 11.7. The van der Waals surface area contributed by atoms with Crippen LogP contribution in [0.3, 0.4) is 0 Å². The number of fused-ring (bicyclic) bond motifs is 3. The molecule has 6 nitrogen and oxygen atoms in total.